The molecule has 1 fully saturated rings. The minimum absolute atomic E-state index is 0. The van der Waals surface area contributed by atoms with Crippen LogP contribution in [0, 0.1) is 16.7 Å². The quantitative estimate of drug-likeness (QED) is 0.470. The van der Waals surface area contributed by atoms with Gasteiger partial charge in [-0.25, -0.2) is 0 Å². The molecule has 0 aromatic rings. The van der Waals surface area contributed by atoms with Gasteiger partial charge in [0.25, 0.3) is 0 Å². The Bertz CT molecular complexity index is 524. The molecule has 0 saturated heterocycles. The van der Waals surface area contributed by atoms with E-state index < -0.39 is 41.7 Å². The van der Waals surface area contributed by atoms with Gasteiger partial charge < -0.3 is 11.6 Å². The topological polar surface area (TPSA) is 146 Å². The Balaban J connectivity index is -0.000000405. The van der Waals surface area contributed by atoms with Crippen molar-refractivity contribution in [3.8, 4) is 0 Å². The van der Waals surface area contributed by atoms with Gasteiger partial charge in [-0.05, 0) is 25.2 Å². The van der Waals surface area contributed by atoms with Gasteiger partial charge in [0.05, 0.1) is 11.3 Å². The van der Waals surface area contributed by atoms with Gasteiger partial charge in [-0.2, -0.15) is 0 Å². The van der Waals surface area contributed by atoms with Crippen molar-refractivity contribution >= 4 is 11.9 Å². The van der Waals surface area contributed by atoms with Crippen molar-refractivity contribution in [2.24, 2.45) is 16.7 Å². The molecule has 3 N–H and O–H groups in total. The van der Waals surface area contributed by atoms with Gasteiger partial charge in [-0.3, -0.25) is 9.59 Å². The van der Waals surface area contributed by atoms with E-state index in [0.717, 1.165) is 0 Å². The second kappa shape index (κ2) is 7.64. The summed E-state index contributed by atoms with van der Waals surface area (Å²) in [5.41, 5.74) is -1.61. The molecule has 10 heteroatoms. The zero-order valence-electron chi connectivity index (χ0n) is 12.8. The predicted octanol–water partition coefficient (Wildman–Crippen LogP) is -2.20. The van der Waals surface area contributed by atoms with Crippen LogP contribution in [0.15, 0.2) is 0 Å². The van der Waals surface area contributed by atoms with Gasteiger partial charge >= 0.3 is 92.0 Å². The number of carbonyl (C=O) groups is 2. The van der Waals surface area contributed by atoms with Crippen LogP contribution < -0.4 is 51.4 Å². The van der Waals surface area contributed by atoms with Crippen LogP contribution in [-0.4, -0.2) is 26.3 Å². The Labute approximate surface area is 162 Å². The van der Waals surface area contributed by atoms with Crippen LogP contribution in [0.1, 0.15) is 35.0 Å². The fourth-order valence-corrected chi connectivity index (χ4v) is 2.32. The zero-order valence-corrected chi connectivity index (χ0v) is 16.1. The van der Waals surface area contributed by atoms with E-state index in [-0.39, 0.29) is 52.8 Å². The summed E-state index contributed by atoms with van der Waals surface area (Å²) in [5.74, 6) is -2.34. The molecule has 0 spiro atoms. The fourth-order valence-electron chi connectivity index (χ4n) is 2.32. The zero-order chi connectivity index (χ0) is 15.6. The first kappa shape index (κ1) is 22.7. The minimum atomic E-state index is -5.38. The van der Waals surface area contributed by atoms with Crippen LogP contribution in [0.25, 0.3) is 0 Å². The van der Waals surface area contributed by atoms with Crippen LogP contribution in [0.3, 0.4) is 0 Å². The SMILES string of the molecule is CC1(C(=O)O)CCC(C(=O)O)C1(C)C.[H-].[K+].[O]=[Mn](=[O])(=[O])[OH]. The van der Waals surface area contributed by atoms with Gasteiger partial charge in [-0.1, -0.05) is 13.8 Å². The molecular weight excluding hydrogens is 342 g/mol. The van der Waals surface area contributed by atoms with Crippen molar-refractivity contribution in [2.75, 3.05) is 0 Å². The first-order chi connectivity index (χ1) is 8.23. The molecular formula is C10H18KMnO8. The molecule has 0 aromatic heterocycles. The second-order valence-corrected chi connectivity index (χ2v) is 6.42. The monoisotopic (exact) mass is 360 g/mol. The van der Waals surface area contributed by atoms with Crippen LogP contribution in [-0.2, 0) is 34.1 Å². The summed E-state index contributed by atoms with van der Waals surface area (Å²) in [5, 5.41) is 18.1. The number of hydrogen-bond acceptors (Lipinski definition) is 5. The fraction of sp³-hybridized carbons (Fsp3) is 0.800. The summed E-state index contributed by atoms with van der Waals surface area (Å²) < 4.78 is 33.1. The summed E-state index contributed by atoms with van der Waals surface area (Å²) in [6, 6.07) is 0. The maximum absolute atomic E-state index is 11.1. The van der Waals surface area contributed by atoms with Crippen molar-refractivity contribution < 1.29 is 101 Å². The third-order valence-corrected chi connectivity index (χ3v) is 4.00. The van der Waals surface area contributed by atoms with E-state index in [2.05, 4.69) is 0 Å². The Kier molecular flexibility index (Phi) is 8.68. The predicted molar refractivity (Wildman–Crippen MR) is 55.3 cm³/mol. The summed E-state index contributed by atoms with van der Waals surface area (Å²) in [6.07, 6.45) is 0.886. The van der Waals surface area contributed by atoms with Gasteiger partial charge in [0, 0.05) is 0 Å². The molecule has 0 aromatic carbocycles. The average molecular weight is 360 g/mol. The third-order valence-electron chi connectivity index (χ3n) is 4.00. The number of carboxylic acids is 2. The normalized spacial score (nSPS) is 27.7. The third kappa shape index (κ3) is 5.68. The van der Waals surface area contributed by atoms with E-state index >= 15 is 0 Å². The van der Waals surface area contributed by atoms with E-state index in [9.17, 15) is 9.59 Å². The van der Waals surface area contributed by atoms with Crippen LogP contribution in [0.4, 0.5) is 0 Å². The number of hydrogen-bond donors (Lipinski definition) is 3. The standard InChI is InChI=1S/C10H16O4.K.Mn.H2O.3O.H/c1-9(2)6(7(11)12)4-5-10(9,3)8(13)14;;;;;;;/h6H,4-5H2,1-3H3,(H,11,12)(H,13,14);;;1H2;;;;/q;2*+1;;;;;-1/p-1. The molecule has 1 rings (SSSR count). The summed E-state index contributed by atoms with van der Waals surface area (Å²) in [6.45, 7) is 5.10. The van der Waals surface area contributed by atoms with Crippen LogP contribution in [0.5, 0.6) is 0 Å². The van der Waals surface area contributed by atoms with Gasteiger partial charge in [0.15, 0.2) is 0 Å². The molecule has 20 heavy (non-hydrogen) atoms. The number of aliphatic carboxylic acids is 2. The summed E-state index contributed by atoms with van der Waals surface area (Å²) in [4.78, 5) is 22.0. The van der Waals surface area contributed by atoms with Gasteiger partial charge in [0.1, 0.15) is 0 Å². The van der Waals surface area contributed by atoms with Crippen molar-refractivity contribution in [1.82, 2.24) is 0 Å². The molecule has 0 amide bonds. The average Bonchev–Trinajstić information content (AvgIpc) is 2.36. The second-order valence-electron chi connectivity index (χ2n) is 5.18. The number of carboxylic acid groups (broad SMARTS) is 2. The molecule has 0 heterocycles. The molecule has 2 atom stereocenters. The van der Waals surface area contributed by atoms with Crippen LogP contribution in [0.2, 0.25) is 0 Å². The molecule has 0 bridgehead atoms. The Hall–Kier alpha value is 0.456. The summed E-state index contributed by atoms with van der Waals surface area (Å²) in [7, 11) is 0. The molecule has 0 aliphatic heterocycles. The van der Waals surface area contributed by atoms with Gasteiger partial charge in [0.2, 0.25) is 0 Å². The van der Waals surface area contributed by atoms with Crippen molar-refractivity contribution in [3.05, 3.63) is 0 Å². The molecule has 114 valence electrons. The molecule has 2 unspecified atom stereocenters. The molecule has 1 aliphatic carbocycles. The van der Waals surface area contributed by atoms with Crippen LogP contribution >= 0.6 is 0 Å². The van der Waals surface area contributed by atoms with Crippen molar-refractivity contribution in [3.63, 3.8) is 0 Å². The van der Waals surface area contributed by atoms with E-state index in [1.54, 1.807) is 20.8 Å². The first-order valence-electron chi connectivity index (χ1n) is 5.33. The summed E-state index contributed by atoms with van der Waals surface area (Å²) >= 11 is -5.38. The first-order valence-corrected chi connectivity index (χ1v) is 7.30. The van der Waals surface area contributed by atoms with E-state index in [0.29, 0.717) is 12.8 Å². The number of rotatable bonds is 2. The Morgan fingerprint density at radius 3 is 1.65 bits per heavy atom. The molecule has 1 aliphatic rings. The Morgan fingerprint density at radius 1 is 1.15 bits per heavy atom. The maximum atomic E-state index is 11.1. The van der Waals surface area contributed by atoms with E-state index in [1.165, 1.54) is 0 Å². The Morgan fingerprint density at radius 2 is 1.50 bits per heavy atom. The van der Waals surface area contributed by atoms with Gasteiger partial charge in [-0.15, -0.1) is 0 Å². The molecule has 1 saturated carbocycles. The van der Waals surface area contributed by atoms with Crippen molar-refractivity contribution in [2.45, 2.75) is 33.6 Å². The van der Waals surface area contributed by atoms with Crippen molar-refractivity contribution in [1.29, 1.82) is 0 Å². The van der Waals surface area contributed by atoms with E-state index in [1.807, 2.05) is 0 Å². The molecule has 0 radical (unpaired) electrons. The van der Waals surface area contributed by atoms with E-state index in [4.69, 9.17) is 25.9 Å². The molecule has 8 nitrogen and oxygen atoms in total.